The molecule has 23 heavy (non-hydrogen) atoms. The average molecular weight is 380 g/mol. The second-order valence-corrected chi connectivity index (χ2v) is 7.72. The lowest BCUT2D eigenvalue weighted by Gasteiger charge is -2.45. The Hall–Kier alpha value is -1.29. The second-order valence-electron chi connectivity index (χ2n) is 6.86. The quantitative estimate of drug-likeness (QED) is 0.612. The van der Waals surface area contributed by atoms with Crippen molar-refractivity contribution in [2.45, 2.75) is 52.2 Å². The number of hydrogen-bond acceptors (Lipinski definition) is 2. The van der Waals surface area contributed by atoms with Crippen molar-refractivity contribution in [1.29, 1.82) is 0 Å². The number of rotatable bonds is 5. The van der Waals surface area contributed by atoms with Crippen molar-refractivity contribution in [2.24, 2.45) is 5.92 Å². The van der Waals surface area contributed by atoms with Gasteiger partial charge < -0.3 is 9.64 Å². The Kier molecular flexibility index (Phi) is 5.56. The molecular weight excluding hydrogens is 354 g/mol. The summed E-state index contributed by atoms with van der Waals surface area (Å²) in [4.78, 5) is 14.5. The maximum Gasteiger partial charge on any atom is 0.410 e. The molecule has 0 radical (unpaired) electrons. The minimum absolute atomic E-state index is 0.0203. The van der Waals surface area contributed by atoms with Crippen LogP contribution in [0.4, 0.5) is 4.79 Å². The van der Waals surface area contributed by atoms with E-state index in [2.05, 4.69) is 36.4 Å². The molecule has 1 saturated heterocycles. The van der Waals surface area contributed by atoms with E-state index in [4.69, 9.17) is 4.74 Å². The molecule has 1 aliphatic rings. The van der Waals surface area contributed by atoms with Crippen molar-refractivity contribution in [1.82, 2.24) is 4.90 Å². The molecule has 0 spiro atoms. The molecule has 3 nitrogen and oxygen atoms in total. The summed E-state index contributed by atoms with van der Waals surface area (Å²) in [7, 11) is 0. The molecule has 1 amide bonds. The third-order valence-electron chi connectivity index (χ3n) is 4.78. The van der Waals surface area contributed by atoms with Gasteiger partial charge in [-0.05, 0) is 31.4 Å². The predicted octanol–water partition coefficient (Wildman–Crippen LogP) is 5.71. The van der Waals surface area contributed by atoms with E-state index < -0.39 is 5.60 Å². The van der Waals surface area contributed by atoms with Gasteiger partial charge in [-0.2, -0.15) is 0 Å². The van der Waals surface area contributed by atoms with Crippen LogP contribution in [0.2, 0.25) is 0 Å². The second kappa shape index (κ2) is 7.08. The van der Waals surface area contributed by atoms with Crippen LogP contribution in [-0.4, -0.2) is 23.1 Å². The smallest absolute Gasteiger partial charge is 0.410 e. The maximum atomic E-state index is 12.7. The van der Waals surface area contributed by atoms with Crippen LogP contribution in [-0.2, 0) is 4.74 Å². The van der Waals surface area contributed by atoms with Crippen LogP contribution in [0.5, 0.6) is 0 Å². The third-order valence-corrected chi connectivity index (χ3v) is 5.50. The van der Waals surface area contributed by atoms with Crippen molar-refractivity contribution < 1.29 is 9.53 Å². The molecule has 1 aromatic rings. The topological polar surface area (TPSA) is 29.5 Å². The van der Waals surface area contributed by atoms with Crippen LogP contribution in [0.1, 0.15) is 52.1 Å². The maximum absolute atomic E-state index is 12.7. The summed E-state index contributed by atoms with van der Waals surface area (Å²) in [5.74, 6) is 0.268. The van der Waals surface area contributed by atoms with E-state index in [-0.39, 0.29) is 18.1 Å². The Morgan fingerprint density at radius 3 is 2.57 bits per heavy atom. The van der Waals surface area contributed by atoms with E-state index in [1.807, 2.05) is 43.0 Å². The van der Waals surface area contributed by atoms with E-state index >= 15 is 0 Å². The summed E-state index contributed by atoms with van der Waals surface area (Å²) in [6.07, 6.45) is 1.33. The summed E-state index contributed by atoms with van der Waals surface area (Å²) in [5, 5.41) is 0. The Labute approximate surface area is 147 Å². The van der Waals surface area contributed by atoms with Crippen molar-refractivity contribution >= 4 is 22.0 Å². The SMILES string of the molecule is C=C(C)CC1(C(C)C)CCN(C(C)c2ccccc2Br)C(=O)O1. The number of hydrogen-bond donors (Lipinski definition) is 0. The van der Waals surface area contributed by atoms with Gasteiger partial charge in [-0.25, -0.2) is 4.79 Å². The van der Waals surface area contributed by atoms with Crippen LogP contribution in [0.15, 0.2) is 40.9 Å². The normalized spacial score (nSPS) is 22.9. The molecule has 0 saturated carbocycles. The highest BCUT2D eigenvalue weighted by atomic mass is 79.9. The highest BCUT2D eigenvalue weighted by molar-refractivity contribution is 9.10. The molecule has 0 aromatic heterocycles. The molecule has 1 aliphatic heterocycles. The number of ether oxygens (including phenoxy) is 1. The van der Waals surface area contributed by atoms with E-state index in [1.54, 1.807) is 0 Å². The average Bonchev–Trinajstić information content (AvgIpc) is 2.46. The van der Waals surface area contributed by atoms with Crippen LogP contribution in [0, 0.1) is 5.92 Å². The lowest BCUT2D eigenvalue weighted by atomic mass is 9.80. The number of carbonyl (C=O) groups excluding carboxylic acids is 1. The highest BCUT2D eigenvalue weighted by Crippen LogP contribution is 2.39. The Morgan fingerprint density at radius 2 is 2.04 bits per heavy atom. The summed E-state index contributed by atoms with van der Waals surface area (Å²) in [6.45, 7) is 13.0. The fourth-order valence-corrected chi connectivity index (χ4v) is 3.88. The fourth-order valence-electron chi connectivity index (χ4n) is 3.26. The molecule has 0 aliphatic carbocycles. The predicted molar refractivity (Wildman–Crippen MR) is 97.4 cm³/mol. The van der Waals surface area contributed by atoms with Crippen LogP contribution in [0.25, 0.3) is 0 Å². The molecule has 2 unspecified atom stereocenters. The molecule has 0 N–H and O–H groups in total. The minimum atomic E-state index is -0.424. The lowest BCUT2D eigenvalue weighted by molar-refractivity contribution is -0.0819. The van der Waals surface area contributed by atoms with Gasteiger partial charge in [0.05, 0.1) is 6.04 Å². The van der Waals surface area contributed by atoms with Crippen LogP contribution in [0.3, 0.4) is 0 Å². The standard InChI is InChI=1S/C19H26BrNO2/c1-13(2)12-19(14(3)4)10-11-21(18(22)23-19)15(5)16-8-6-7-9-17(16)20/h6-9,14-15H,1,10-12H2,2-5H3. The summed E-state index contributed by atoms with van der Waals surface area (Å²) in [6, 6.07) is 7.99. The lowest BCUT2D eigenvalue weighted by Crippen LogP contribution is -2.52. The number of nitrogens with zero attached hydrogens (tertiary/aromatic N) is 1. The fraction of sp³-hybridized carbons (Fsp3) is 0.526. The molecule has 4 heteroatoms. The van der Waals surface area contributed by atoms with Crippen LogP contribution >= 0.6 is 15.9 Å². The zero-order chi connectivity index (χ0) is 17.2. The van der Waals surface area contributed by atoms with Gasteiger partial charge in [0.25, 0.3) is 0 Å². The highest BCUT2D eigenvalue weighted by Gasteiger charge is 2.44. The van der Waals surface area contributed by atoms with Crippen LogP contribution < -0.4 is 0 Å². The van der Waals surface area contributed by atoms with Gasteiger partial charge in [0, 0.05) is 23.9 Å². The van der Waals surface area contributed by atoms with Gasteiger partial charge in [-0.1, -0.05) is 60.1 Å². The largest absolute Gasteiger partial charge is 0.442 e. The first-order chi connectivity index (χ1) is 10.8. The number of amides is 1. The number of benzene rings is 1. The van der Waals surface area contributed by atoms with Gasteiger partial charge in [0.2, 0.25) is 0 Å². The van der Waals surface area contributed by atoms with Gasteiger partial charge >= 0.3 is 6.09 Å². The Bertz CT molecular complexity index is 599. The van der Waals surface area contributed by atoms with E-state index in [0.29, 0.717) is 6.54 Å². The van der Waals surface area contributed by atoms with Gasteiger partial charge in [0.1, 0.15) is 5.60 Å². The molecule has 1 fully saturated rings. The summed E-state index contributed by atoms with van der Waals surface area (Å²) in [5.41, 5.74) is 1.73. The molecule has 1 heterocycles. The Morgan fingerprint density at radius 1 is 1.39 bits per heavy atom. The first-order valence-corrected chi connectivity index (χ1v) is 8.94. The van der Waals surface area contributed by atoms with Gasteiger partial charge in [-0.15, -0.1) is 0 Å². The minimum Gasteiger partial charge on any atom is -0.442 e. The molecular formula is C19H26BrNO2. The zero-order valence-corrected chi connectivity index (χ0v) is 16.0. The van der Waals surface area contributed by atoms with Crippen molar-refractivity contribution in [2.75, 3.05) is 6.54 Å². The zero-order valence-electron chi connectivity index (χ0n) is 14.4. The van der Waals surface area contributed by atoms with Crippen molar-refractivity contribution in [3.05, 3.63) is 46.5 Å². The van der Waals surface area contributed by atoms with Crippen molar-refractivity contribution in [3.8, 4) is 0 Å². The van der Waals surface area contributed by atoms with E-state index in [9.17, 15) is 4.79 Å². The summed E-state index contributed by atoms with van der Waals surface area (Å²) >= 11 is 3.57. The molecule has 126 valence electrons. The van der Waals surface area contributed by atoms with Gasteiger partial charge in [0.15, 0.2) is 0 Å². The molecule has 1 aromatic carbocycles. The molecule has 2 atom stereocenters. The monoisotopic (exact) mass is 379 g/mol. The number of cyclic esters (lactones) is 1. The van der Waals surface area contributed by atoms with E-state index in [1.165, 1.54) is 0 Å². The number of halogens is 1. The van der Waals surface area contributed by atoms with E-state index in [0.717, 1.165) is 28.5 Å². The number of carbonyl (C=O) groups is 1. The van der Waals surface area contributed by atoms with Gasteiger partial charge in [-0.3, -0.25) is 0 Å². The van der Waals surface area contributed by atoms with Crippen molar-refractivity contribution in [3.63, 3.8) is 0 Å². The first kappa shape index (κ1) is 18.1. The first-order valence-electron chi connectivity index (χ1n) is 8.15. The molecule has 2 rings (SSSR count). The Balaban J connectivity index is 2.19. The third kappa shape index (κ3) is 3.79. The summed E-state index contributed by atoms with van der Waals surface area (Å²) < 4.78 is 6.97. The molecule has 0 bridgehead atoms.